The van der Waals surface area contributed by atoms with Crippen LogP contribution in [-0.4, -0.2) is 56.8 Å². The zero-order chi connectivity index (χ0) is 48.4. The van der Waals surface area contributed by atoms with Crippen LogP contribution in [0.4, 0.5) is 11.4 Å². The molecule has 10 heteroatoms. The van der Waals surface area contributed by atoms with Gasteiger partial charge in [-0.1, -0.05) is 142 Å². The van der Waals surface area contributed by atoms with Gasteiger partial charge in [0.05, 0.1) is 11.6 Å². The van der Waals surface area contributed by atoms with Gasteiger partial charge in [-0.15, -0.1) is 0 Å². The number of fused-ring (bicyclic) bond motifs is 1. The zero-order valence-corrected chi connectivity index (χ0v) is 42.0. The van der Waals surface area contributed by atoms with Gasteiger partial charge in [0.15, 0.2) is 8.32 Å². The molecule has 0 unspecified atom stereocenters. The maximum Gasteiger partial charge on any atom is 0.248 e. The van der Waals surface area contributed by atoms with E-state index in [1.165, 1.54) is 11.1 Å². The van der Waals surface area contributed by atoms with Gasteiger partial charge in [0.1, 0.15) is 17.8 Å². The van der Waals surface area contributed by atoms with Crippen LogP contribution in [0.3, 0.4) is 0 Å². The Morgan fingerprint density at radius 2 is 1.35 bits per heavy atom. The van der Waals surface area contributed by atoms with Crippen LogP contribution in [0.5, 0.6) is 5.75 Å². The molecule has 2 heterocycles. The van der Waals surface area contributed by atoms with Crippen molar-refractivity contribution in [3.8, 4) is 5.75 Å². The normalized spacial score (nSPS) is 15.0. The van der Waals surface area contributed by atoms with Crippen molar-refractivity contribution in [2.45, 2.75) is 82.7 Å². The van der Waals surface area contributed by atoms with E-state index in [2.05, 4.69) is 133 Å². The first kappa shape index (κ1) is 49.1. The molecule has 1 fully saturated rings. The quantitative estimate of drug-likeness (QED) is 0.0418. The van der Waals surface area contributed by atoms with Crippen LogP contribution in [0.2, 0.25) is 18.1 Å². The number of hydrogen-bond donors (Lipinski definition) is 4. The van der Waals surface area contributed by atoms with Crippen LogP contribution < -0.4 is 26.7 Å². The molecule has 8 rings (SSSR count). The van der Waals surface area contributed by atoms with Crippen molar-refractivity contribution in [2.24, 2.45) is 11.7 Å². The summed E-state index contributed by atoms with van der Waals surface area (Å²) in [6.45, 7) is 15.9. The first-order chi connectivity index (χ1) is 33.3. The van der Waals surface area contributed by atoms with E-state index in [0.29, 0.717) is 24.4 Å². The lowest BCUT2D eigenvalue weighted by molar-refractivity contribution is -0.123. The summed E-state index contributed by atoms with van der Waals surface area (Å²) in [4.78, 5) is 31.7. The van der Waals surface area contributed by atoms with Crippen molar-refractivity contribution in [3.63, 3.8) is 0 Å². The minimum Gasteiger partial charge on any atom is -0.487 e. The minimum atomic E-state index is -2.19. The second-order valence-corrected chi connectivity index (χ2v) is 24.9. The number of primary amides is 1. The number of hydrogen-bond acceptors (Lipinski definition) is 7. The first-order valence-corrected chi connectivity index (χ1v) is 27.5. The fourth-order valence-corrected chi connectivity index (χ4v) is 11.0. The number of nitrogens with one attached hydrogen (secondary N) is 3. The molecule has 2 atom stereocenters. The molecule has 7 aromatic rings. The SMILES string of the molecule is CC(C)(C)[Si](C)(C)O[C@H](CNCCc1ccc(Nc2ccc(CCCN3CC[C@@H](C(C(N)=O)(c4ccccc4)c4ccccc4)C3)cc2)cc1)c1ccc(OCc2ccccc2)c2[nH]c(=O)ccc12. The van der Waals surface area contributed by atoms with Crippen molar-refractivity contribution in [1.82, 2.24) is 15.2 Å². The standard InChI is InChI=1S/C59H69N5O4Si/c1-58(2,3)69(4,5)68-54(51-31-33-53(56-52(51)32-34-55(65)63-56)67-42-45-16-9-6-10-17-45)40-61-37-35-44-25-29-50(30-26-44)62-49-27-23-43(24-28-49)18-15-38-64-39-36-48(41-64)59(57(60)66,46-19-11-7-12-20-46)47-21-13-8-14-22-47/h6-14,16-17,19-34,48,54,61-62H,15,18,35-42H2,1-5H3,(H2,60,66)(H,63,65)/t48-,54-/m1/s1. The summed E-state index contributed by atoms with van der Waals surface area (Å²) >= 11 is 0. The molecule has 6 aromatic carbocycles. The Morgan fingerprint density at radius 1 is 0.754 bits per heavy atom. The summed E-state index contributed by atoms with van der Waals surface area (Å²) in [6, 6.07) is 55.2. The summed E-state index contributed by atoms with van der Waals surface area (Å²) in [6.07, 6.45) is 3.59. The molecule has 9 nitrogen and oxygen atoms in total. The molecular formula is C59H69N5O4Si. The maximum absolute atomic E-state index is 13.5. The molecule has 0 saturated carbocycles. The lowest BCUT2D eigenvalue weighted by Crippen LogP contribution is -2.49. The van der Waals surface area contributed by atoms with Crippen LogP contribution in [0.1, 0.15) is 73.1 Å². The molecule has 0 bridgehead atoms. The average molecular weight is 940 g/mol. The van der Waals surface area contributed by atoms with Gasteiger partial charge in [0.2, 0.25) is 11.5 Å². The van der Waals surface area contributed by atoms with E-state index in [9.17, 15) is 9.59 Å². The van der Waals surface area contributed by atoms with Crippen molar-refractivity contribution in [1.29, 1.82) is 0 Å². The molecule has 0 aliphatic carbocycles. The maximum atomic E-state index is 13.5. The molecule has 358 valence electrons. The summed E-state index contributed by atoms with van der Waals surface area (Å²) in [5.74, 6) is 0.459. The number of carbonyl (C=O) groups excluding carboxylic acids is 1. The zero-order valence-electron chi connectivity index (χ0n) is 41.0. The lowest BCUT2D eigenvalue weighted by Gasteiger charge is -2.39. The summed E-state index contributed by atoms with van der Waals surface area (Å²) < 4.78 is 13.4. The number of rotatable bonds is 21. The number of benzene rings is 6. The van der Waals surface area contributed by atoms with Crippen LogP contribution in [0.25, 0.3) is 10.9 Å². The number of aryl methyl sites for hydroxylation is 1. The molecular weight excluding hydrogens is 871 g/mol. The van der Waals surface area contributed by atoms with Crippen LogP contribution >= 0.6 is 0 Å². The van der Waals surface area contributed by atoms with Crippen LogP contribution in [0, 0.1) is 5.92 Å². The Morgan fingerprint density at radius 3 is 1.94 bits per heavy atom. The highest BCUT2D eigenvalue weighted by atomic mass is 28.4. The molecule has 69 heavy (non-hydrogen) atoms. The largest absolute Gasteiger partial charge is 0.487 e. The van der Waals surface area contributed by atoms with Gasteiger partial charge in [-0.05, 0) is 139 Å². The number of aromatic nitrogens is 1. The third-order valence-electron chi connectivity index (χ3n) is 14.5. The van der Waals surface area contributed by atoms with Gasteiger partial charge in [-0.25, -0.2) is 0 Å². The predicted octanol–water partition coefficient (Wildman–Crippen LogP) is 11.5. The van der Waals surface area contributed by atoms with E-state index in [4.69, 9.17) is 14.9 Å². The summed E-state index contributed by atoms with van der Waals surface area (Å²) in [7, 11) is -2.19. The van der Waals surface area contributed by atoms with Gasteiger partial charge in [-0.3, -0.25) is 9.59 Å². The molecule has 0 radical (unpaired) electrons. The molecule has 0 spiro atoms. The molecule has 1 aliphatic rings. The number of aromatic amines is 1. The average Bonchev–Trinajstić information content (AvgIpc) is 3.82. The van der Waals surface area contributed by atoms with E-state index < -0.39 is 13.7 Å². The Labute approximate surface area is 409 Å². The number of nitrogens with zero attached hydrogens (tertiary/aromatic N) is 1. The number of anilines is 2. The number of likely N-dealkylation sites (tertiary alicyclic amines) is 1. The van der Waals surface area contributed by atoms with E-state index in [1.54, 1.807) is 6.07 Å². The highest BCUT2D eigenvalue weighted by molar-refractivity contribution is 6.74. The van der Waals surface area contributed by atoms with Crippen molar-refractivity contribution in [3.05, 3.63) is 208 Å². The number of nitrogens with two attached hydrogens (primary N) is 1. The lowest BCUT2D eigenvalue weighted by atomic mass is 9.64. The number of amides is 1. The smallest absolute Gasteiger partial charge is 0.248 e. The van der Waals surface area contributed by atoms with Crippen molar-refractivity contribution >= 4 is 36.5 Å². The third kappa shape index (κ3) is 11.8. The van der Waals surface area contributed by atoms with E-state index in [1.807, 2.05) is 78.9 Å². The summed E-state index contributed by atoms with van der Waals surface area (Å²) in [5.41, 5.74) is 14.7. The van der Waals surface area contributed by atoms with Crippen LogP contribution in [0.15, 0.2) is 169 Å². The fourth-order valence-electron chi connectivity index (χ4n) is 9.70. The Hall–Kier alpha value is -6.30. The van der Waals surface area contributed by atoms with Crippen LogP contribution in [-0.2, 0) is 34.1 Å². The topological polar surface area (TPSA) is 122 Å². The van der Waals surface area contributed by atoms with Gasteiger partial charge in [0.25, 0.3) is 0 Å². The Kier molecular flexibility index (Phi) is 15.6. The Bertz CT molecular complexity index is 2770. The number of carbonyl (C=O) groups is 1. The van der Waals surface area contributed by atoms with Crippen molar-refractivity contribution < 1.29 is 14.0 Å². The van der Waals surface area contributed by atoms with Gasteiger partial charge in [-0.2, -0.15) is 0 Å². The van der Waals surface area contributed by atoms with Crippen molar-refractivity contribution in [2.75, 3.05) is 38.0 Å². The third-order valence-corrected chi connectivity index (χ3v) is 19.0. The second-order valence-electron chi connectivity index (χ2n) is 20.2. The summed E-state index contributed by atoms with van der Waals surface area (Å²) in [5, 5.41) is 8.24. The molecule has 1 aliphatic heterocycles. The van der Waals surface area contributed by atoms with Gasteiger partial charge >= 0.3 is 0 Å². The highest BCUT2D eigenvalue weighted by Crippen LogP contribution is 2.44. The monoisotopic (exact) mass is 940 g/mol. The second kappa shape index (κ2) is 22.0. The Balaban J connectivity index is 0.833. The predicted molar refractivity (Wildman–Crippen MR) is 285 cm³/mol. The van der Waals surface area contributed by atoms with Gasteiger partial charge in [0, 0.05) is 35.9 Å². The molecule has 5 N–H and O–H groups in total. The molecule has 1 saturated heterocycles. The molecule has 1 aromatic heterocycles. The molecule has 1 amide bonds. The minimum absolute atomic E-state index is 0.0159. The fraction of sp³-hybridized carbons (Fsp3) is 0.322. The highest BCUT2D eigenvalue weighted by Gasteiger charge is 2.49. The number of H-pyrrole nitrogens is 1. The van der Waals surface area contributed by atoms with E-state index >= 15 is 0 Å². The van der Waals surface area contributed by atoms with Gasteiger partial charge < -0.3 is 35.4 Å². The number of ether oxygens (including phenoxy) is 1. The number of pyridine rings is 1. The van der Waals surface area contributed by atoms with E-state index in [0.717, 1.165) is 90.9 Å². The van der Waals surface area contributed by atoms with E-state index in [-0.39, 0.29) is 28.5 Å². The first-order valence-electron chi connectivity index (χ1n) is 24.6.